The van der Waals surface area contributed by atoms with Crippen LogP contribution in [-0.2, 0) is 15.6 Å². The smallest absolute Gasteiger partial charge is 0.189 e. The van der Waals surface area contributed by atoms with Crippen LogP contribution in [0.1, 0.15) is 44.9 Å². The molecule has 0 amide bonds. The lowest BCUT2D eigenvalue weighted by Gasteiger charge is -2.53. The van der Waals surface area contributed by atoms with Gasteiger partial charge in [0.05, 0.1) is 6.10 Å². The zero-order valence-corrected chi connectivity index (χ0v) is 15.3. The summed E-state index contributed by atoms with van der Waals surface area (Å²) in [5.74, 6) is 7.39. The van der Waals surface area contributed by atoms with Crippen molar-refractivity contribution < 1.29 is 9.47 Å². The number of benzene rings is 1. The highest BCUT2D eigenvalue weighted by atomic mass is 32.2. The standard InChI is InChI=1S/C21H29O2S/c1-2-8-24(7-1)20-5-3-19(4-6-20)22-14-23-21-17-10-15-9-16(12-17)13-18(21)11-15/h3-6,15-18,21H,1-2,7-14H2/q+1. The van der Waals surface area contributed by atoms with E-state index in [0.29, 0.717) is 23.8 Å². The third-order valence-electron chi connectivity index (χ3n) is 6.81. The second-order valence-corrected chi connectivity index (χ2v) is 10.7. The first-order chi connectivity index (χ1) is 11.8. The second kappa shape index (κ2) is 6.57. The van der Waals surface area contributed by atoms with E-state index in [-0.39, 0.29) is 0 Å². The molecule has 4 aliphatic carbocycles. The van der Waals surface area contributed by atoms with Gasteiger partial charge < -0.3 is 9.47 Å². The molecule has 0 N–H and O–H groups in total. The fraction of sp³-hybridized carbons (Fsp3) is 0.714. The van der Waals surface area contributed by atoms with E-state index in [4.69, 9.17) is 9.47 Å². The summed E-state index contributed by atoms with van der Waals surface area (Å²) in [6.07, 6.45) is 10.4. The van der Waals surface area contributed by atoms with Gasteiger partial charge in [-0.3, -0.25) is 0 Å². The molecule has 0 aromatic heterocycles. The molecule has 6 rings (SSSR count). The van der Waals surface area contributed by atoms with E-state index < -0.39 is 0 Å². The molecule has 1 heterocycles. The zero-order chi connectivity index (χ0) is 15.9. The van der Waals surface area contributed by atoms with E-state index in [1.165, 1.54) is 61.3 Å². The number of ether oxygens (including phenoxy) is 2. The van der Waals surface area contributed by atoms with Gasteiger partial charge in [0.15, 0.2) is 11.7 Å². The van der Waals surface area contributed by atoms with Crippen molar-refractivity contribution in [3.8, 4) is 5.75 Å². The molecule has 0 spiro atoms. The molecular weight excluding hydrogens is 316 g/mol. The molecule has 2 nitrogen and oxygen atoms in total. The van der Waals surface area contributed by atoms with Crippen LogP contribution in [0.2, 0.25) is 0 Å². The molecule has 5 fully saturated rings. The molecule has 0 atom stereocenters. The third kappa shape index (κ3) is 2.99. The van der Waals surface area contributed by atoms with Gasteiger partial charge in [-0.25, -0.2) is 0 Å². The highest BCUT2D eigenvalue weighted by Crippen LogP contribution is 2.54. The summed E-state index contributed by atoms with van der Waals surface area (Å²) >= 11 is 0. The van der Waals surface area contributed by atoms with E-state index >= 15 is 0 Å². The Morgan fingerprint density at radius 1 is 0.833 bits per heavy atom. The zero-order valence-electron chi connectivity index (χ0n) is 14.5. The van der Waals surface area contributed by atoms with Gasteiger partial charge in [0.25, 0.3) is 0 Å². The highest BCUT2D eigenvalue weighted by molar-refractivity contribution is 7.97. The molecule has 0 unspecified atom stereocenters. The average Bonchev–Trinajstić information content (AvgIpc) is 3.12. The van der Waals surface area contributed by atoms with Crippen molar-refractivity contribution in [3.63, 3.8) is 0 Å². The summed E-state index contributed by atoms with van der Waals surface area (Å²) in [6, 6.07) is 8.82. The first kappa shape index (κ1) is 15.6. The number of hydrogen-bond donors (Lipinski definition) is 0. The lowest BCUT2D eigenvalue weighted by Crippen LogP contribution is -2.49. The SMILES string of the molecule is c1cc([S+]2CCCC2)ccc1OCOC1C2CC3CC(C2)CC1C3. The average molecular weight is 346 g/mol. The minimum absolute atomic E-state index is 0.429. The van der Waals surface area contributed by atoms with Crippen LogP contribution in [-0.4, -0.2) is 24.4 Å². The maximum atomic E-state index is 6.23. The molecule has 0 radical (unpaired) electrons. The fourth-order valence-electron chi connectivity index (χ4n) is 5.95. The van der Waals surface area contributed by atoms with Crippen molar-refractivity contribution in [1.82, 2.24) is 0 Å². The molecule has 5 aliphatic rings. The van der Waals surface area contributed by atoms with Crippen molar-refractivity contribution >= 4 is 10.9 Å². The minimum atomic E-state index is 0.429. The molecule has 3 heteroatoms. The summed E-state index contributed by atoms with van der Waals surface area (Å²) in [7, 11) is 0.502. The van der Waals surface area contributed by atoms with Gasteiger partial charge in [-0.1, -0.05) is 0 Å². The minimum Gasteiger partial charge on any atom is -0.468 e. The third-order valence-corrected chi connectivity index (χ3v) is 9.32. The Kier molecular flexibility index (Phi) is 4.26. The maximum Gasteiger partial charge on any atom is 0.189 e. The number of rotatable bonds is 5. The van der Waals surface area contributed by atoms with Gasteiger partial charge in [-0.2, -0.15) is 0 Å². The molecule has 1 aliphatic heterocycles. The van der Waals surface area contributed by atoms with Crippen LogP contribution < -0.4 is 4.74 Å². The van der Waals surface area contributed by atoms with Crippen molar-refractivity contribution in [3.05, 3.63) is 24.3 Å². The van der Waals surface area contributed by atoms with Crippen LogP contribution in [0.5, 0.6) is 5.75 Å². The monoisotopic (exact) mass is 345 g/mol. The Morgan fingerprint density at radius 2 is 1.46 bits per heavy atom. The lowest BCUT2D eigenvalue weighted by atomic mass is 9.55. The Morgan fingerprint density at radius 3 is 2.08 bits per heavy atom. The highest BCUT2D eigenvalue weighted by Gasteiger charge is 2.48. The van der Waals surface area contributed by atoms with Gasteiger partial charge in [0, 0.05) is 10.9 Å². The van der Waals surface area contributed by atoms with Crippen LogP contribution in [0, 0.1) is 23.7 Å². The van der Waals surface area contributed by atoms with Crippen molar-refractivity contribution in [2.45, 2.75) is 55.9 Å². The summed E-state index contributed by atoms with van der Waals surface area (Å²) in [5.41, 5.74) is 0. The molecule has 130 valence electrons. The normalized spacial score (nSPS) is 37.9. The lowest BCUT2D eigenvalue weighted by molar-refractivity contribution is -0.155. The molecule has 4 bridgehead atoms. The largest absolute Gasteiger partial charge is 0.468 e. The van der Waals surface area contributed by atoms with Crippen molar-refractivity contribution in [2.75, 3.05) is 18.3 Å². The van der Waals surface area contributed by atoms with E-state index in [9.17, 15) is 0 Å². The van der Waals surface area contributed by atoms with Crippen LogP contribution in [0.3, 0.4) is 0 Å². The summed E-state index contributed by atoms with van der Waals surface area (Å²) < 4.78 is 12.1. The summed E-state index contributed by atoms with van der Waals surface area (Å²) in [5, 5.41) is 0. The number of hydrogen-bond acceptors (Lipinski definition) is 2. The van der Waals surface area contributed by atoms with E-state index in [1.54, 1.807) is 0 Å². The Hall–Kier alpha value is -0.670. The predicted molar refractivity (Wildman–Crippen MR) is 98.5 cm³/mol. The van der Waals surface area contributed by atoms with E-state index in [0.717, 1.165) is 29.4 Å². The van der Waals surface area contributed by atoms with Gasteiger partial charge in [-0.05, 0) is 92.9 Å². The Balaban J connectivity index is 1.14. The molecule has 24 heavy (non-hydrogen) atoms. The molecule has 4 saturated carbocycles. The van der Waals surface area contributed by atoms with E-state index in [2.05, 4.69) is 24.3 Å². The Bertz CT molecular complexity index is 536. The first-order valence-electron chi connectivity index (χ1n) is 9.87. The predicted octanol–water partition coefficient (Wildman–Crippen LogP) is 4.64. The Labute approximate surface area is 148 Å². The van der Waals surface area contributed by atoms with Crippen LogP contribution >= 0.6 is 0 Å². The second-order valence-electron chi connectivity index (χ2n) is 8.40. The van der Waals surface area contributed by atoms with Gasteiger partial charge in [-0.15, -0.1) is 0 Å². The first-order valence-corrected chi connectivity index (χ1v) is 11.4. The summed E-state index contributed by atoms with van der Waals surface area (Å²) in [6.45, 7) is 0.429. The van der Waals surface area contributed by atoms with Crippen molar-refractivity contribution in [1.29, 1.82) is 0 Å². The molecular formula is C21H29O2S+. The van der Waals surface area contributed by atoms with Gasteiger partial charge in [0.1, 0.15) is 17.3 Å². The van der Waals surface area contributed by atoms with Gasteiger partial charge in [0.2, 0.25) is 0 Å². The maximum absolute atomic E-state index is 6.23. The van der Waals surface area contributed by atoms with Crippen LogP contribution in [0.4, 0.5) is 0 Å². The quantitative estimate of drug-likeness (QED) is 0.572. The van der Waals surface area contributed by atoms with Crippen LogP contribution in [0.25, 0.3) is 0 Å². The molecule has 1 aromatic rings. The molecule has 1 saturated heterocycles. The molecule has 1 aromatic carbocycles. The van der Waals surface area contributed by atoms with E-state index in [1.807, 2.05) is 0 Å². The fourth-order valence-corrected chi connectivity index (χ4v) is 8.25. The van der Waals surface area contributed by atoms with Crippen molar-refractivity contribution in [2.24, 2.45) is 23.7 Å². The topological polar surface area (TPSA) is 18.5 Å². The summed E-state index contributed by atoms with van der Waals surface area (Å²) in [4.78, 5) is 1.52. The van der Waals surface area contributed by atoms with Gasteiger partial charge >= 0.3 is 0 Å². The van der Waals surface area contributed by atoms with Crippen LogP contribution in [0.15, 0.2) is 29.2 Å².